The molecule has 2 aliphatic rings. The molecule has 0 radical (unpaired) electrons. The number of fused-ring (bicyclic) bond motifs is 1. The molecule has 2 aliphatic heterocycles. The smallest absolute Gasteiger partial charge is 0.407 e. The maximum Gasteiger partial charge on any atom is 0.407 e. The third kappa shape index (κ3) is 8.25. The first-order valence-electron chi connectivity index (χ1n) is 17.9. The van der Waals surface area contributed by atoms with Gasteiger partial charge in [0.2, 0.25) is 23.6 Å². The number of rotatable bonds is 10. The Balaban J connectivity index is 1.07. The highest BCUT2D eigenvalue weighted by Crippen LogP contribution is 2.29. The van der Waals surface area contributed by atoms with Crippen molar-refractivity contribution in [3.63, 3.8) is 0 Å². The summed E-state index contributed by atoms with van der Waals surface area (Å²) in [5.74, 6) is -0.969. The van der Waals surface area contributed by atoms with Gasteiger partial charge in [0.1, 0.15) is 18.1 Å². The standard InChI is InChI=1S/C41H45N5O6/c1-26(2)37(44-41(51)52-3)40(50)46-22-8-12-35(46)39(49)43-33-20-17-30-24-29(13-14-31(30)25-33)28-15-18-32(19-16-28)42-38(48)34-11-7-21-45(34)36(47)23-27-9-5-4-6-10-27/h4-6,9-10,13-20,24-26,34-35,37H,7-8,11-12,21-23H2,1-3H3,(H,42,48)(H,43,49)(H,44,51). The van der Waals surface area contributed by atoms with Crippen molar-refractivity contribution < 1.29 is 28.7 Å². The van der Waals surface area contributed by atoms with E-state index in [1.165, 1.54) is 7.11 Å². The first kappa shape index (κ1) is 36.1. The van der Waals surface area contributed by atoms with Crippen molar-refractivity contribution in [3.05, 3.63) is 96.6 Å². The second-order valence-electron chi connectivity index (χ2n) is 13.8. The number of likely N-dealkylation sites (tertiary alicyclic amines) is 2. The zero-order valence-corrected chi connectivity index (χ0v) is 29.8. The van der Waals surface area contributed by atoms with Gasteiger partial charge < -0.3 is 30.5 Å². The lowest BCUT2D eigenvalue weighted by Crippen LogP contribution is -2.54. The molecule has 2 saturated heterocycles. The van der Waals surface area contributed by atoms with Crippen molar-refractivity contribution in [2.45, 2.75) is 64.1 Å². The van der Waals surface area contributed by atoms with E-state index in [1.54, 1.807) is 9.80 Å². The van der Waals surface area contributed by atoms with Gasteiger partial charge in [0.15, 0.2) is 0 Å². The van der Waals surface area contributed by atoms with Gasteiger partial charge in [-0.15, -0.1) is 0 Å². The van der Waals surface area contributed by atoms with E-state index in [4.69, 9.17) is 4.74 Å². The summed E-state index contributed by atoms with van der Waals surface area (Å²) in [5.41, 5.74) is 4.20. The van der Waals surface area contributed by atoms with Crippen molar-refractivity contribution in [1.82, 2.24) is 15.1 Å². The number of carbonyl (C=O) groups excluding carboxylic acids is 5. The molecule has 2 heterocycles. The predicted molar refractivity (Wildman–Crippen MR) is 200 cm³/mol. The molecule has 2 fully saturated rings. The summed E-state index contributed by atoms with van der Waals surface area (Å²) in [6, 6.07) is 27.1. The van der Waals surface area contributed by atoms with Crippen LogP contribution < -0.4 is 16.0 Å². The quantitative estimate of drug-likeness (QED) is 0.186. The van der Waals surface area contributed by atoms with Gasteiger partial charge in [0.25, 0.3) is 0 Å². The van der Waals surface area contributed by atoms with Crippen molar-refractivity contribution in [1.29, 1.82) is 0 Å². The molecule has 3 unspecified atom stereocenters. The van der Waals surface area contributed by atoms with Crippen LogP contribution in [0.5, 0.6) is 0 Å². The fourth-order valence-corrected chi connectivity index (χ4v) is 7.09. The largest absolute Gasteiger partial charge is 0.453 e. The van der Waals surface area contributed by atoms with Gasteiger partial charge in [-0.3, -0.25) is 19.2 Å². The third-order valence-electron chi connectivity index (χ3n) is 9.90. The summed E-state index contributed by atoms with van der Waals surface area (Å²) < 4.78 is 4.70. The van der Waals surface area contributed by atoms with Crippen LogP contribution in [0.15, 0.2) is 91.0 Å². The molecular formula is C41H45N5O6. The van der Waals surface area contributed by atoms with E-state index in [2.05, 4.69) is 22.0 Å². The van der Waals surface area contributed by atoms with E-state index >= 15 is 0 Å². The number of nitrogens with one attached hydrogen (secondary N) is 3. The number of benzene rings is 4. The third-order valence-corrected chi connectivity index (χ3v) is 9.90. The highest BCUT2D eigenvalue weighted by atomic mass is 16.5. The van der Waals surface area contributed by atoms with E-state index in [0.29, 0.717) is 43.7 Å². The summed E-state index contributed by atoms with van der Waals surface area (Å²) in [7, 11) is 1.25. The highest BCUT2D eigenvalue weighted by Gasteiger charge is 2.39. The maximum absolute atomic E-state index is 13.4. The lowest BCUT2D eigenvalue weighted by Gasteiger charge is -2.30. The van der Waals surface area contributed by atoms with E-state index < -0.39 is 24.2 Å². The van der Waals surface area contributed by atoms with Crippen molar-refractivity contribution in [2.75, 3.05) is 30.8 Å². The van der Waals surface area contributed by atoms with E-state index in [1.807, 2.05) is 98.8 Å². The molecule has 0 bridgehead atoms. The number of hydrogen-bond acceptors (Lipinski definition) is 6. The molecule has 11 nitrogen and oxygen atoms in total. The van der Waals surface area contributed by atoms with Crippen molar-refractivity contribution in [3.8, 4) is 11.1 Å². The predicted octanol–water partition coefficient (Wildman–Crippen LogP) is 5.99. The summed E-state index contributed by atoms with van der Waals surface area (Å²) in [6.07, 6.45) is 2.25. The number of hydrogen-bond donors (Lipinski definition) is 3. The van der Waals surface area contributed by atoms with Crippen LogP contribution >= 0.6 is 0 Å². The molecule has 0 aliphatic carbocycles. The number of nitrogens with zero attached hydrogens (tertiary/aromatic N) is 2. The summed E-state index contributed by atoms with van der Waals surface area (Å²) in [5, 5.41) is 10.5. The Morgan fingerprint density at radius 3 is 1.96 bits per heavy atom. The zero-order valence-electron chi connectivity index (χ0n) is 29.8. The Labute approximate surface area is 303 Å². The van der Waals surface area contributed by atoms with Gasteiger partial charge in [-0.2, -0.15) is 0 Å². The molecule has 4 aromatic carbocycles. The van der Waals surface area contributed by atoms with E-state index in [0.717, 1.165) is 33.9 Å². The normalized spacial score (nSPS) is 17.5. The van der Waals surface area contributed by atoms with Gasteiger partial charge in [-0.25, -0.2) is 4.79 Å². The molecule has 0 aromatic heterocycles. The topological polar surface area (TPSA) is 137 Å². The number of ether oxygens (including phenoxy) is 1. The van der Waals surface area contributed by atoms with Gasteiger partial charge in [-0.05, 0) is 89.4 Å². The lowest BCUT2D eigenvalue weighted by atomic mass is 10.0. The lowest BCUT2D eigenvalue weighted by molar-refractivity contribution is -0.139. The van der Waals surface area contributed by atoms with Crippen LogP contribution in [0.25, 0.3) is 21.9 Å². The van der Waals surface area contributed by atoms with Gasteiger partial charge in [0.05, 0.1) is 13.5 Å². The summed E-state index contributed by atoms with van der Waals surface area (Å²) in [4.78, 5) is 68.1. The summed E-state index contributed by atoms with van der Waals surface area (Å²) >= 11 is 0. The van der Waals surface area contributed by atoms with Crippen molar-refractivity contribution in [2.24, 2.45) is 5.92 Å². The van der Waals surface area contributed by atoms with Crippen LogP contribution in [0.1, 0.15) is 45.1 Å². The molecule has 6 rings (SSSR count). The number of amides is 5. The molecule has 5 amide bonds. The molecule has 3 N–H and O–H groups in total. The first-order valence-corrected chi connectivity index (χ1v) is 17.9. The SMILES string of the molecule is COC(=O)NC(C(=O)N1CCCC1C(=O)Nc1ccc2cc(-c3ccc(NC(=O)C4CCCN4C(=O)Cc4ccccc4)cc3)ccc2c1)C(C)C. The number of carbonyl (C=O) groups is 5. The average Bonchev–Trinajstić information content (AvgIpc) is 3.85. The van der Waals surface area contributed by atoms with Gasteiger partial charge >= 0.3 is 6.09 Å². The zero-order chi connectivity index (χ0) is 36.8. The Bertz CT molecular complexity index is 1950. The first-order chi connectivity index (χ1) is 25.1. The Hall–Kier alpha value is -5.71. The summed E-state index contributed by atoms with van der Waals surface area (Å²) in [6.45, 7) is 4.69. The second kappa shape index (κ2) is 16.1. The maximum atomic E-state index is 13.4. The average molecular weight is 704 g/mol. The van der Waals surface area contributed by atoms with Gasteiger partial charge in [-0.1, -0.05) is 74.5 Å². The van der Waals surface area contributed by atoms with Gasteiger partial charge in [0, 0.05) is 24.5 Å². The Morgan fingerprint density at radius 1 is 0.712 bits per heavy atom. The number of methoxy groups -OCH3 is 1. The minimum atomic E-state index is -0.795. The van der Waals surface area contributed by atoms with Crippen LogP contribution in [0, 0.1) is 5.92 Å². The minimum absolute atomic E-state index is 0.0383. The van der Waals surface area contributed by atoms with Crippen LogP contribution in [0.2, 0.25) is 0 Å². The molecular weight excluding hydrogens is 658 g/mol. The Morgan fingerprint density at radius 2 is 1.29 bits per heavy atom. The Kier molecular flexibility index (Phi) is 11.2. The molecule has 4 aromatic rings. The minimum Gasteiger partial charge on any atom is -0.453 e. The van der Waals surface area contributed by atoms with E-state index in [-0.39, 0.29) is 36.0 Å². The van der Waals surface area contributed by atoms with Crippen LogP contribution in [-0.4, -0.2) is 77.8 Å². The fraction of sp³-hybridized carbons (Fsp3) is 0.341. The molecule has 3 atom stereocenters. The highest BCUT2D eigenvalue weighted by molar-refractivity contribution is 6.01. The van der Waals surface area contributed by atoms with Crippen molar-refractivity contribution >= 4 is 51.9 Å². The number of anilines is 2. The number of alkyl carbamates (subject to hydrolysis) is 1. The fourth-order valence-electron chi connectivity index (χ4n) is 7.09. The molecule has 11 heteroatoms. The molecule has 52 heavy (non-hydrogen) atoms. The monoisotopic (exact) mass is 703 g/mol. The molecule has 270 valence electrons. The van der Waals surface area contributed by atoms with Crippen LogP contribution in [0.4, 0.5) is 16.2 Å². The van der Waals surface area contributed by atoms with Crippen LogP contribution in [-0.2, 0) is 30.3 Å². The molecule has 0 saturated carbocycles. The molecule has 0 spiro atoms. The van der Waals surface area contributed by atoms with Crippen LogP contribution in [0.3, 0.4) is 0 Å². The van der Waals surface area contributed by atoms with E-state index in [9.17, 15) is 24.0 Å². The second-order valence-corrected chi connectivity index (χ2v) is 13.8.